The highest BCUT2D eigenvalue weighted by Gasteiger charge is 2.21. The molecule has 0 saturated carbocycles. The molecule has 1 heterocycles. The topological polar surface area (TPSA) is 29.5 Å². The molecule has 1 saturated heterocycles. The fourth-order valence-electron chi connectivity index (χ4n) is 1.70. The molecule has 1 aliphatic rings. The molecule has 1 amide bonds. The first-order valence-corrected chi connectivity index (χ1v) is 6.01. The van der Waals surface area contributed by atoms with Crippen molar-refractivity contribution in [3.05, 3.63) is 0 Å². The summed E-state index contributed by atoms with van der Waals surface area (Å²) in [6, 6.07) is 0. The lowest BCUT2D eigenvalue weighted by molar-refractivity contribution is 0.111. The molecule has 1 atom stereocenters. The lowest BCUT2D eigenvalue weighted by Gasteiger charge is -2.28. The molecular formula is C13H21NO2. The van der Waals surface area contributed by atoms with Crippen LogP contribution in [0.15, 0.2) is 0 Å². The highest BCUT2D eigenvalue weighted by Crippen LogP contribution is 2.17. The van der Waals surface area contributed by atoms with E-state index in [1.54, 1.807) is 4.90 Å². The predicted molar refractivity (Wildman–Crippen MR) is 63.9 cm³/mol. The van der Waals surface area contributed by atoms with E-state index in [0.717, 1.165) is 32.4 Å². The van der Waals surface area contributed by atoms with Gasteiger partial charge in [0.15, 0.2) is 0 Å². The number of nitrogens with zero attached hydrogens (tertiary/aromatic N) is 1. The highest BCUT2D eigenvalue weighted by atomic mass is 16.5. The van der Waals surface area contributed by atoms with E-state index in [0.29, 0.717) is 11.8 Å². The van der Waals surface area contributed by atoms with Crippen LogP contribution in [0.4, 0.5) is 4.79 Å². The van der Waals surface area contributed by atoms with Crippen LogP contribution in [-0.4, -0.2) is 31.2 Å². The number of rotatable bonds is 1. The van der Waals surface area contributed by atoms with Gasteiger partial charge in [0.2, 0.25) is 0 Å². The zero-order valence-corrected chi connectivity index (χ0v) is 10.5. The SMILES string of the molecule is CCC(C)C#CC1CCN(C(=O)OC)CC1. The molecule has 90 valence electrons. The molecular weight excluding hydrogens is 202 g/mol. The number of likely N-dealkylation sites (tertiary alicyclic amines) is 1. The van der Waals surface area contributed by atoms with Crippen LogP contribution in [-0.2, 0) is 4.74 Å². The summed E-state index contributed by atoms with van der Waals surface area (Å²) in [6.07, 6.45) is 2.83. The Kier molecular flexibility index (Phi) is 5.18. The molecule has 1 rings (SSSR count). The van der Waals surface area contributed by atoms with E-state index in [1.807, 2.05) is 0 Å². The van der Waals surface area contributed by atoms with Crippen LogP contribution >= 0.6 is 0 Å². The van der Waals surface area contributed by atoms with Gasteiger partial charge in [0, 0.05) is 24.9 Å². The maximum absolute atomic E-state index is 11.3. The molecule has 0 aliphatic carbocycles. The molecule has 0 radical (unpaired) electrons. The molecule has 1 unspecified atom stereocenters. The Morgan fingerprint density at radius 1 is 1.50 bits per heavy atom. The fourth-order valence-corrected chi connectivity index (χ4v) is 1.70. The largest absolute Gasteiger partial charge is 0.453 e. The van der Waals surface area contributed by atoms with Gasteiger partial charge in [0.1, 0.15) is 0 Å². The van der Waals surface area contributed by atoms with Crippen molar-refractivity contribution in [2.75, 3.05) is 20.2 Å². The maximum Gasteiger partial charge on any atom is 0.409 e. The average Bonchev–Trinajstić information content (AvgIpc) is 2.35. The van der Waals surface area contributed by atoms with Crippen molar-refractivity contribution in [3.63, 3.8) is 0 Å². The summed E-state index contributed by atoms with van der Waals surface area (Å²) in [4.78, 5) is 13.0. The highest BCUT2D eigenvalue weighted by molar-refractivity contribution is 5.67. The summed E-state index contributed by atoms with van der Waals surface area (Å²) in [6.45, 7) is 5.84. The number of hydrogen-bond donors (Lipinski definition) is 0. The summed E-state index contributed by atoms with van der Waals surface area (Å²) >= 11 is 0. The third-order valence-corrected chi connectivity index (χ3v) is 3.07. The Labute approximate surface area is 98.1 Å². The molecule has 16 heavy (non-hydrogen) atoms. The van der Waals surface area contributed by atoms with E-state index in [4.69, 9.17) is 4.74 Å². The summed E-state index contributed by atoms with van der Waals surface area (Å²) in [5, 5.41) is 0. The van der Waals surface area contributed by atoms with E-state index < -0.39 is 0 Å². The summed E-state index contributed by atoms with van der Waals surface area (Å²) < 4.78 is 4.69. The normalized spacial score (nSPS) is 18.6. The number of hydrogen-bond acceptors (Lipinski definition) is 2. The lowest BCUT2D eigenvalue weighted by atomic mass is 9.96. The van der Waals surface area contributed by atoms with Crippen LogP contribution in [0.25, 0.3) is 0 Å². The molecule has 0 aromatic heterocycles. The van der Waals surface area contributed by atoms with Crippen LogP contribution in [0.3, 0.4) is 0 Å². The zero-order valence-electron chi connectivity index (χ0n) is 10.5. The van der Waals surface area contributed by atoms with Gasteiger partial charge in [-0.2, -0.15) is 0 Å². The van der Waals surface area contributed by atoms with Crippen LogP contribution in [0.2, 0.25) is 0 Å². The Morgan fingerprint density at radius 2 is 2.12 bits per heavy atom. The van der Waals surface area contributed by atoms with Gasteiger partial charge >= 0.3 is 6.09 Å². The number of amides is 1. The number of carbonyl (C=O) groups is 1. The molecule has 3 heteroatoms. The van der Waals surface area contributed by atoms with Gasteiger partial charge in [0.05, 0.1) is 7.11 Å². The summed E-state index contributed by atoms with van der Waals surface area (Å²) in [7, 11) is 1.43. The van der Waals surface area contributed by atoms with Crippen molar-refractivity contribution in [3.8, 4) is 11.8 Å². The summed E-state index contributed by atoms with van der Waals surface area (Å²) in [5.41, 5.74) is 0. The number of piperidine rings is 1. The van der Waals surface area contributed by atoms with Gasteiger partial charge in [-0.15, -0.1) is 0 Å². The monoisotopic (exact) mass is 223 g/mol. The fraction of sp³-hybridized carbons (Fsp3) is 0.769. The number of methoxy groups -OCH3 is 1. The Morgan fingerprint density at radius 3 is 2.62 bits per heavy atom. The Balaban J connectivity index is 2.36. The minimum absolute atomic E-state index is 0.215. The minimum atomic E-state index is -0.215. The van der Waals surface area contributed by atoms with Crippen molar-refractivity contribution in [2.24, 2.45) is 11.8 Å². The quantitative estimate of drug-likeness (QED) is 0.639. The Hall–Kier alpha value is -1.17. The van der Waals surface area contributed by atoms with Crippen LogP contribution < -0.4 is 0 Å². The molecule has 0 N–H and O–H groups in total. The van der Waals surface area contributed by atoms with Crippen LogP contribution in [0, 0.1) is 23.7 Å². The molecule has 0 aromatic carbocycles. The van der Waals surface area contributed by atoms with E-state index in [-0.39, 0.29) is 6.09 Å². The van der Waals surface area contributed by atoms with Gasteiger partial charge in [-0.25, -0.2) is 4.79 Å². The van der Waals surface area contributed by atoms with E-state index in [9.17, 15) is 4.79 Å². The smallest absolute Gasteiger partial charge is 0.409 e. The van der Waals surface area contributed by atoms with Crippen molar-refractivity contribution in [2.45, 2.75) is 33.1 Å². The van der Waals surface area contributed by atoms with Gasteiger partial charge in [0.25, 0.3) is 0 Å². The van der Waals surface area contributed by atoms with Gasteiger partial charge in [-0.1, -0.05) is 25.7 Å². The van der Waals surface area contributed by atoms with Crippen LogP contribution in [0.5, 0.6) is 0 Å². The predicted octanol–water partition coefficient (Wildman–Crippen LogP) is 2.51. The maximum atomic E-state index is 11.3. The molecule has 3 nitrogen and oxygen atoms in total. The van der Waals surface area contributed by atoms with E-state index in [2.05, 4.69) is 25.7 Å². The van der Waals surface area contributed by atoms with Crippen molar-refractivity contribution in [1.29, 1.82) is 0 Å². The number of ether oxygens (including phenoxy) is 1. The third-order valence-electron chi connectivity index (χ3n) is 3.07. The van der Waals surface area contributed by atoms with Crippen LogP contribution in [0.1, 0.15) is 33.1 Å². The van der Waals surface area contributed by atoms with E-state index in [1.165, 1.54) is 7.11 Å². The molecule has 1 fully saturated rings. The van der Waals surface area contributed by atoms with Gasteiger partial charge in [-0.3, -0.25) is 0 Å². The third kappa shape index (κ3) is 3.77. The second-order valence-corrected chi connectivity index (χ2v) is 4.33. The molecule has 0 aromatic rings. The molecule has 1 aliphatic heterocycles. The second-order valence-electron chi connectivity index (χ2n) is 4.33. The molecule has 0 spiro atoms. The number of carbonyl (C=O) groups excluding carboxylic acids is 1. The summed E-state index contributed by atoms with van der Waals surface area (Å²) in [5.74, 6) is 7.53. The second kappa shape index (κ2) is 6.42. The molecule has 0 bridgehead atoms. The average molecular weight is 223 g/mol. The first kappa shape index (κ1) is 12.9. The van der Waals surface area contributed by atoms with Crippen molar-refractivity contribution >= 4 is 6.09 Å². The van der Waals surface area contributed by atoms with Gasteiger partial charge in [-0.05, 0) is 19.3 Å². The van der Waals surface area contributed by atoms with E-state index >= 15 is 0 Å². The standard InChI is InChI=1S/C13H21NO2/c1-4-11(2)5-6-12-7-9-14(10-8-12)13(15)16-3/h11-12H,4,7-10H2,1-3H3. The van der Waals surface area contributed by atoms with Crippen molar-refractivity contribution in [1.82, 2.24) is 4.90 Å². The minimum Gasteiger partial charge on any atom is -0.453 e. The Bertz CT molecular complexity index is 282. The lowest BCUT2D eigenvalue weighted by Crippen LogP contribution is -2.38. The van der Waals surface area contributed by atoms with Crippen molar-refractivity contribution < 1.29 is 9.53 Å². The zero-order chi connectivity index (χ0) is 12.0. The first-order chi connectivity index (χ1) is 7.67. The van der Waals surface area contributed by atoms with Gasteiger partial charge < -0.3 is 9.64 Å². The first-order valence-electron chi connectivity index (χ1n) is 6.01.